The van der Waals surface area contributed by atoms with E-state index in [0.717, 1.165) is 51.4 Å². The summed E-state index contributed by atoms with van der Waals surface area (Å²) in [6.07, 6.45) is 9.19. The lowest BCUT2D eigenvalue weighted by molar-refractivity contribution is -0.129. The first-order chi connectivity index (χ1) is 14.4. The Labute approximate surface area is 182 Å². The van der Waals surface area contributed by atoms with Crippen LogP contribution < -0.4 is 10.6 Å². The zero-order valence-electron chi connectivity index (χ0n) is 17.7. The van der Waals surface area contributed by atoms with E-state index in [4.69, 9.17) is 4.74 Å². The Bertz CT molecular complexity index is 761. The van der Waals surface area contributed by atoms with Crippen molar-refractivity contribution < 1.29 is 19.1 Å². The summed E-state index contributed by atoms with van der Waals surface area (Å²) in [5.41, 5.74) is 0.267. The topological polar surface area (TPSA) is 97.4 Å². The fourth-order valence-corrected chi connectivity index (χ4v) is 4.83. The van der Waals surface area contributed by atoms with Crippen molar-refractivity contribution in [3.63, 3.8) is 0 Å². The quantitative estimate of drug-likeness (QED) is 0.483. The van der Waals surface area contributed by atoms with E-state index in [1.54, 1.807) is 32.2 Å². The Morgan fingerprint density at radius 2 is 1.57 bits per heavy atom. The zero-order chi connectivity index (χ0) is 21.5. The number of carbonyl (C=O) groups is 3. The van der Waals surface area contributed by atoms with Gasteiger partial charge in [-0.25, -0.2) is 9.78 Å². The average Bonchev–Trinajstić information content (AvgIpc) is 3.42. The second-order valence-corrected chi connectivity index (χ2v) is 9.47. The summed E-state index contributed by atoms with van der Waals surface area (Å²) in [5.74, 6) is -0.943. The van der Waals surface area contributed by atoms with Gasteiger partial charge in [-0.2, -0.15) is 0 Å². The molecule has 2 saturated carbocycles. The van der Waals surface area contributed by atoms with Crippen LogP contribution in [0.15, 0.2) is 23.4 Å². The predicted molar refractivity (Wildman–Crippen MR) is 115 cm³/mol. The van der Waals surface area contributed by atoms with E-state index >= 15 is 0 Å². The highest BCUT2D eigenvalue weighted by Crippen LogP contribution is 2.27. The van der Waals surface area contributed by atoms with Crippen LogP contribution in [-0.2, 0) is 14.3 Å². The third kappa shape index (κ3) is 6.20. The van der Waals surface area contributed by atoms with Crippen LogP contribution in [0.3, 0.4) is 0 Å². The number of nitrogens with one attached hydrogen (secondary N) is 2. The first kappa shape index (κ1) is 22.6. The third-order valence-corrected chi connectivity index (χ3v) is 6.82. The minimum absolute atomic E-state index is 0.0545. The highest BCUT2D eigenvalue weighted by molar-refractivity contribution is 8.00. The summed E-state index contributed by atoms with van der Waals surface area (Å²) in [5, 5.41) is 6.05. The maximum Gasteiger partial charge on any atom is 0.341 e. The van der Waals surface area contributed by atoms with Crippen LogP contribution in [0, 0.1) is 0 Å². The Morgan fingerprint density at radius 3 is 2.17 bits per heavy atom. The Kier molecular flexibility index (Phi) is 8.13. The highest BCUT2D eigenvalue weighted by Gasteiger charge is 2.27. The van der Waals surface area contributed by atoms with Crippen LogP contribution in [-0.4, -0.2) is 46.2 Å². The molecular formula is C22H31N3O4S. The number of carbonyl (C=O) groups excluding carboxylic acids is 3. The van der Waals surface area contributed by atoms with Crippen molar-refractivity contribution in [3.05, 3.63) is 23.9 Å². The lowest BCUT2D eigenvalue weighted by Crippen LogP contribution is -2.41. The molecule has 1 aromatic rings. The van der Waals surface area contributed by atoms with Crippen LogP contribution in [0.2, 0.25) is 0 Å². The average molecular weight is 434 g/mol. The second kappa shape index (κ2) is 10.8. The summed E-state index contributed by atoms with van der Waals surface area (Å²) in [4.78, 5) is 41.8. The van der Waals surface area contributed by atoms with Gasteiger partial charge in [0.05, 0.1) is 10.8 Å². The molecule has 30 heavy (non-hydrogen) atoms. The number of thioether (sulfide) groups is 1. The van der Waals surface area contributed by atoms with Crippen molar-refractivity contribution in [1.82, 2.24) is 15.6 Å². The fraction of sp³-hybridized carbons (Fsp3) is 0.636. The van der Waals surface area contributed by atoms with Gasteiger partial charge in [-0.1, -0.05) is 37.4 Å². The van der Waals surface area contributed by atoms with E-state index in [1.807, 2.05) is 0 Å². The first-order valence-electron chi connectivity index (χ1n) is 10.9. The van der Waals surface area contributed by atoms with Gasteiger partial charge >= 0.3 is 5.97 Å². The van der Waals surface area contributed by atoms with Gasteiger partial charge in [0, 0.05) is 18.3 Å². The zero-order valence-corrected chi connectivity index (χ0v) is 18.5. The summed E-state index contributed by atoms with van der Waals surface area (Å²) in [6.45, 7) is 3.37. The molecule has 2 aliphatic carbocycles. The Morgan fingerprint density at radius 1 is 1.00 bits per heavy atom. The molecular weight excluding hydrogens is 402 g/mol. The number of nitrogens with zero attached hydrogens (tertiary/aromatic N) is 1. The van der Waals surface area contributed by atoms with Gasteiger partial charge in [-0.05, 0) is 51.7 Å². The number of aromatic nitrogens is 1. The maximum absolute atomic E-state index is 12.7. The number of rotatable bonds is 8. The minimum Gasteiger partial charge on any atom is -0.449 e. The SMILES string of the molecule is CC(OC(=O)c1cccnc1SC(C)C(=O)NC1CCCC1)C(=O)NC1CCCC1. The van der Waals surface area contributed by atoms with Gasteiger partial charge in [0.15, 0.2) is 6.10 Å². The normalized spacial score (nSPS) is 19.3. The summed E-state index contributed by atoms with van der Waals surface area (Å²) < 4.78 is 5.39. The molecule has 2 fully saturated rings. The van der Waals surface area contributed by atoms with Crippen LogP contribution in [0.25, 0.3) is 0 Å². The van der Waals surface area contributed by atoms with Crippen molar-refractivity contribution in [3.8, 4) is 0 Å². The summed E-state index contributed by atoms with van der Waals surface area (Å²) >= 11 is 1.23. The molecule has 2 amide bonds. The molecule has 0 radical (unpaired) electrons. The Hall–Kier alpha value is -2.09. The van der Waals surface area contributed by atoms with Gasteiger partial charge in [-0.15, -0.1) is 0 Å². The van der Waals surface area contributed by atoms with Crippen LogP contribution in [0.4, 0.5) is 0 Å². The molecule has 2 aliphatic rings. The van der Waals surface area contributed by atoms with Crippen molar-refractivity contribution in [2.45, 2.75) is 93.7 Å². The van der Waals surface area contributed by atoms with Crippen LogP contribution >= 0.6 is 11.8 Å². The van der Waals surface area contributed by atoms with Crippen molar-refractivity contribution in [1.29, 1.82) is 0 Å². The van der Waals surface area contributed by atoms with Gasteiger partial charge in [-0.3, -0.25) is 9.59 Å². The molecule has 2 unspecified atom stereocenters. The number of hydrogen-bond donors (Lipinski definition) is 2. The number of esters is 1. The number of amides is 2. The van der Waals surface area contributed by atoms with Crippen molar-refractivity contribution in [2.75, 3.05) is 0 Å². The van der Waals surface area contributed by atoms with Gasteiger partial charge < -0.3 is 15.4 Å². The van der Waals surface area contributed by atoms with Gasteiger partial charge in [0.2, 0.25) is 5.91 Å². The van der Waals surface area contributed by atoms with Crippen LogP contribution in [0.1, 0.15) is 75.6 Å². The molecule has 3 rings (SSSR count). The van der Waals surface area contributed by atoms with E-state index in [2.05, 4.69) is 15.6 Å². The summed E-state index contributed by atoms with van der Waals surface area (Å²) in [7, 11) is 0. The fourth-order valence-electron chi connectivity index (χ4n) is 3.92. The molecule has 0 bridgehead atoms. The maximum atomic E-state index is 12.7. The van der Waals surface area contributed by atoms with Gasteiger partial charge in [0.1, 0.15) is 5.03 Å². The summed E-state index contributed by atoms with van der Waals surface area (Å²) in [6, 6.07) is 3.67. The molecule has 8 heteroatoms. The second-order valence-electron chi connectivity index (χ2n) is 8.14. The molecule has 0 aromatic carbocycles. The molecule has 0 aliphatic heterocycles. The highest BCUT2D eigenvalue weighted by atomic mass is 32.2. The van der Waals surface area contributed by atoms with E-state index < -0.39 is 17.3 Å². The molecule has 2 N–H and O–H groups in total. The smallest absolute Gasteiger partial charge is 0.341 e. The van der Waals surface area contributed by atoms with Crippen LogP contribution in [0.5, 0.6) is 0 Å². The predicted octanol–water partition coefficient (Wildman–Crippen LogP) is 3.23. The number of pyridine rings is 1. The molecule has 164 valence electrons. The van der Waals surface area contributed by atoms with E-state index in [0.29, 0.717) is 5.03 Å². The van der Waals surface area contributed by atoms with Crippen molar-refractivity contribution >= 4 is 29.5 Å². The monoisotopic (exact) mass is 433 g/mol. The lowest BCUT2D eigenvalue weighted by atomic mass is 10.2. The molecule has 0 spiro atoms. The number of ether oxygens (including phenoxy) is 1. The molecule has 1 aromatic heterocycles. The third-order valence-electron chi connectivity index (χ3n) is 5.70. The standard InChI is InChI=1S/C22H31N3O4S/c1-14(19(26)24-16-8-3-4-9-16)29-22(28)18-12-7-13-23-21(18)30-15(2)20(27)25-17-10-5-6-11-17/h7,12-17H,3-6,8-11H2,1-2H3,(H,24,26)(H,25,27). The lowest BCUT2D eigenvalue weighted by Gasteiger charge is -2.19. The Balaban J connectivity index is 1.57. The minimum atomic E-state index is -0.890. The van der Waals surface area contributed by atoms with Crippen molar-refractivity contribution in [2.24, 2.45) is 0 Å². The van der Waals surface area contributed by atoms with Gasteiger partial charge in [0.25, 0.3) is 5.91 Å². The van der Waals surface area contributed by atoms with E-state index in [1.165, 1.54) is 11.8 Å². The number of hydrogen-bond acceptors (Lipinski definition) is 6. The molecule has 7 nitrogen and oxygen atoms in total. The molecule has 2 atom stereocenters. The largest absolute Gasteiger partial charge is 0.449 e. The van der Waals surface area contributed by atoms with E-state index in [-0.39, 0.29) is 29.5 Å². The molecule has 1 heterocycles. The molecule has 0 saturated heterocycles. The first-order valence-corrected chi connectivity index (χ1v) is 11.8. The van der Waals surface area contributed by atoms with E-state index in [9.17, 15) is 14.4 Å².